The highest BCUT2D eigenvalue weighted by molar-refractivity contribution is 7.97. The zero-order valence-corrected chi connectivity index (χ0v) is 30.3. The van der Waals surface area contributed by atoms with Crippen molar-refractivity contribution in [3.63, 3.8) is 0 Å². The lowest BCUT2D eigenvalue weighted by atomic mass is 9.87. The van der Waals surface area contributed by atoms with Crippen molar-refractivity contribution in [1.29, 1.82) is 0 Å². The van der Waals surface area contributed by atoms with Crippen LogP contribution in [0.1, 0.15) is 53.4 Å². The molecule has 5 aromatic carbocycles. The van der Waals surface area contributed by atoms with Crippen LogP contribution >= 0.6 is 11.9 Å². The van der Waals surface area contributed by atoms with E-state index in [1.165, 1.54) is 24.1 Å². The van der Waals surface area contributed by atoms with Crippen molar-refractivity contribution in [1.82, 2.24) is 4.31 Å². The van der Waals surface area contributed by atoms with Crippen molar-refractivity contribution in [3.8, 4) is 5.75 Å². The predicted molar refractivity (Wildman–Crippen MR) is 194 cm³/mol. The van der Waals surface area contributed by atoms with E-state index in [4.69, 9.17) is 9.47 Å². The van der Waals surface area contributed by atoms with Gasteiger partial charge in [0.2, 0.25) is 11.7 Å². The molecule has 0 saturated heterocycles. The summed E-state index contributed by atoms with van der Waals surface area (Å²) in [4.78, 5) is 27.7. The molecule has 0 aromatic heterocycles. The number of hydrogen-bond acceptors (Lipinski definition) is 6. The fraction of sp³-hybridized carbons (Fsp3) is 0.220. The third-order valence-corrected chi connectivity index (χ3v) is 9.16. The number of halogens is 5. The maximum absolute atomic E-state index is 14.5. The van der Waals surface area contributed by atoms with Gasteiger partial charge in [0.1, 0.15) is 29.4 Å². The number of ether oxygens (including phenoxy) is 2. The topological polar surface area (TPSA) is 59.1 Å². The van der Waals surface area contributed by atoms with Gasteiger partial charge < -0.3 is 14.4 Å². The number of anilines is 1. The number of esters is 1. The number of benzene rings is 5. The summed E-state index contributed by atoms with van der Waals surface area (Å²) in [5.41, 5.74) is 3.70. The van der Waals surface area contributed by atoms with Crippen LogP contribution in [0.15, 0.2) is 108 Å². The highest BCUT2D eigenvalue weighted by Gasteiger charge is 2.29. The minimum atomic E-state index is -2.27. The van der Waals surface area contributed by atoms with Crippen molar-refractivity contribution >= 4 is 29.5 Å². The van der Waals surface area contributed by atoms with Gasteiger partial charge in [0.05, 0.1) is 13.1 Å². The van der Waals surface area contributed by atoms with Gasteiger partial charge in [-0.25, -0.2) is 31.1 Å². The molecule has 12 heteroatoms. The van der Waals surface area contributed by atoms with Gasteiger partial charge in [-0.2, -0.15) is 0 Å². The van der Waals surface area contributed by atoms with Crippen LogP contribution in [0.5, 0.6) is 5.75 Å². The number of rotatable bonds is 13. The Kier molecular flexibility index (Phi) is 12.6. The summed E-state index contributed by atoms with van der Waals surface area (Å²) in [5, 5.41) is 0. The van der Waals surface area contributed by atoms with Gasteiger partial charge in [0, 0.05) is 11.8 Å². The quantitative estimate of drug-likeness (QED) is 0.0393. The minimum absolute atomic E-state index is 0.0156. The van der Waals surface area contributed by atoms with Crippen LogP contribution < -0.4 is 9.64 Å². The molecule has 276 valence electrons. The summed E-state index contributed by atoms with van der Waals surface area (Å²) in [7, 11) is 1.29. The lowest BCUT2D eigenvalue weighted by molar-refractivity contribution is -0.118. The molecule has 0 aliphatic carbocycles. The van der Waals surface area contributed by atoms with Gasteiger partial charge in [-0.05, 0) is 58.8 Å². The summed E-state index contributed by atoms with van der Waals surface area (Å²) in [6, 6.07) is 30.6. The zero-order chi connectivity index (χ0) is 38.3. The zero-order valence-electron chi connectivity index (χ0n) is 29.5. The average Bonchev–Trinajstić information content (AvgIpc) is 3.15. The first-order valence-corrected chi connectivity index (χ1v) is 17.3. The maximum Gasteiger partial charge on any atom is 0.342 e. The fourth-order valence-electron chi connectivity index (χ4n) is 5.25. The van der Waals surface area contributed by atoms with Crippen LogP contribution in [0.4, 0.5) is 27.6 Å². The van der Waals surface area contributed by atoms with Crippen LogP contribution in [-0.2, 0) is 34.7 Å². The molecule has 0 aliphatic heterocycles. The molecule has 0 N–H and O–H groups in total. The third-order valence-electron chi connectivity index (χ3n) is 8.18. The van der Waals surface area contributed by atoms with Crippen molar-refractivity contribution in [3.05, 3.63) is 160 Å². The number of likely N-dealkylation sites (N-methyl/N-ethyl adjacent to an activating group) is 1. The molecule has 0 spiro atoms. The average molecular weight is 749 g/mol. The Labute approximate surface area is 309 Å². The maximum atomic E-state index is 14.5. The summed E-state index contributed by atoms with van der Waals surface area (Å²) in [6.45, 7) is 5.83. The van der Waals surface area contributed by atoms with Crippen molar-refractivity contribution < 1.29 is 41.0 Å². The Morgan fingerprint density at radius 2 is 1.23 bits per heavy atom. The number of hydrogen-bond donors (Lipinski definition) is 0. The fourth-order valence-corrected chi connectivity index (χ4v) is 6.07. The molecule has 53 heavy (non-hydrogen) atoms. The standard InChI is InChI=1S/C41H37F5N2O4S/c1-41(2,3)29-17-15-26(16-18-29)22-48(33(49)23-47(4)53-39-37(45)35(43)34(42)36(44)38(39)46)30-19-20-31(40(50)52-25-28-13-9-6-10-14-28)32(21-30)51-24-27-11-7-5-8-12-27/h5-21H,22-25H2,1-4H3. The molecule has 0 aliphatic rings. The van der Waals surface area contributed by atoms with Gasteiger partial charge in [-0.15, -0.1) is 0 Å². The summed E-state index contributed by atoms with van der Waals surface area (Å²) in [6.07, 6.45) is 0. The summed E-state index contributed by atoms with van der Waals surface area (Å²) >= 11 is 0.208. The number of carbonyl (C=O) groups is 2. The summed E-state index contributed by atoms with van der Waals surface area (Å²) in [5.74, 6) is -11.6. The SMILES string of the molecule is CN(CC(=O)N(Cc1ccc(C(C)(C)C)cc1)c1ccc(C(=O)OCc2ccccc2)c(OCc2ccccc2)c1)Sc1c(F)c(F)c(F)c(F)c1F. The van der Waals surface area contributed by atoms with Crippen molar-refractivity contribution in [2.45, 2.75) is 50.8 Å². The Morgan fingerprint density at radius 3 is 1.79 bits per heavy atom. The van der Waals surface area contributed by atoms with E-state index in [1.54, 1.807) is 6.07 Å². The Morgan fingerprint density at radius 1 is 0.679 bits per heavy atom. The first-order chi connectivity index (χ1) is 25.2. The molecule has 6 nitrogen and oxygen atoms in total. The second kappa shape index (κ2) is 17.1. The van der Waals surface area contributed by atoms with Crippen LogP contribution in [-0.4, -0.2) is 29.8 Å². The summed E-state index contributed by atoms with van der Waals surface area (Å²) < 4.78 is 83.4. The molecule has 0 radical (unpaired) electrons. The van der Waals surface area contributed by atoms with Crippen molar-refractivity contribution in [2.24, 2.45) is 0 Å². The molecule has 0 bridgehead atoms. The smallest absolute Gasteiger partial charge is 0.342 e. The van der Waals surface area contributed by atoms with E-state index >= 15 is 0 Å². The van der Waals surface area contributed by atoms with Gasteiger partial charge in [0.25, 0.3) is 0 Å². The number of nitrogens with zero attached hydrogens (tertiary/aromatic N) is 2. The number of amides is 1. The Hall–Kier alpha value is -5.20. The van der Waals surface area contributed by atoms with E-state index in [1.807, 2.05) is 84.9 Å². The highest BCUT2D eigenvalue weighted by Crippen LogP contribution is 2.34. The van der Waals surface area contributed by atoms with Crippen LogP contribution in [0.25, 0.3) is 0 Å². The molecule has 0 fully saturated rings. The van der Waals surface area contributed by atoms with Crippen LogP contribution in [0.2, 0.25) is 0 Å². The normalized spacial score (nSPS) is 11.4. The molecule has 5 rings (SSSR count). The lowest BCUT2D eigenvalue weighted by Gasteiger charge is -2.27. The first-order valence-electron chi connectivity index (χ1n) is 16.5. The second-order valence-corrected chi connectivity index (χ2v) is 14.4. The lowest BCUT2D eigenvalue weighted by Crippen LogP contribution is -2.37. The van der Waals surface area contributed by atoms with Gasteiger partial charge in [-0.1, -0.05) is 106 Å². The van der Waals surface area contributed by atoms with E-state index in [-0.39, 0.29) is 48.4 Å². The second-order valence-electron chi connectivity index (χ2n) is 13.2. The molecule has 0 atom stereocenters. The van der Waals surface area contributed by atoms with Crippen LogP contribution in [0.3, 0.4) is 0 Å². The number of carbonyl (C=O) groups excluding carboxylic acids is 2. The van der Waals surface area contributed by atoms with Crippen LogP contribution in [0, 0.1) is 29.1 Å². The van der Waals surface area contributed by atoms with Gasteiger partial charge in [0.15, 0.2) is 23.3 Å². The molecule has 0 heterocycles. The third kappa shape index (κ3) is 9.82. The van der Waals surface area contributed by atoms with E-state index in [9.17, 15) is 31.5 Å². The largest absolute Gasteiger partial charge is 0.488 e. The first kappa shape index (κ1) is 39.0. The molecule has 0 unspecified atom stereocenters. The highest BCUT2D eigenvalue weighted by atomic mass is 32.2. The molecule has 0 saturated carbocycles. The van der Waals surface area contributed by atoms with Gasteiger partial charge >= 0.3 is 5.97 Å². The predicted octanol–water partition coefficient (Wildman–Crippen LogP) is 9.79. The Bertz CT molecular complexity index is 2030. The van der Waals surface area contributed by atoms with E-state index in [0.717, 1.165) is 26.6 Å². The molecule has 5 aromatic rings. The van der Waals surface area contributed by atoms with E-state index in [0.29, 0.717) is 5.69 Å². The monoisotopic (exact) mass is 748 g/mol. The van der Waals surface area contributed by atoms with E-state index < -0.39 is 52.4 Å². The molecular weight excluding hydrogens is 712 g/mol. The van der Waals surface area contributed by atoms with Crippen molar-refractivity contribution in [2.75, 3.05) is 18.5 Å². The van der Waals surface area contributed by atoms with Gasteiger partial charge in [-0.3, -0.25) is 4.79 Å². The Balaban J connectivity index is 1.48. The molecule has 1 amide bonds. The minimum Gasteiger partial charge on any atom is -0.488 e. The molecular formula is C41H37F5N2O4S. The van der Waals surface area contributed by atoms with E-state index in [2.05, 4.69) is 20.8 Å².